The van der Waals surface area contributed by atoms with Crippen molar-refractivity contribution in [1.29, 1.82) is 0 Å². The molecule has 2 N–H and O–H groups in total. The van der Waals surface area contributed by atoms with E-state index in [0.29, 0.717) is 22.9 Å². The molecule has 3 rings (SSSR count). The van der Waals surface area contributed by atoms with E-state index >= 15 is 0 Å². The highest BCUT2D eigenvalue weighted by molar-refractivity contribution is 9.10. The first kappa shape index (κ1) is 12.9. The molecule has 0 aliphatic rings. The molecule has 0 saturated heterocycles. The fraction of sp³-hybridized carbons (Fsp3) is 0.0714. The second-order valence-electron chi connectivity index (χ2n) is 4.26. The molecule has 102 valence electrons. The van der Waals surface area contributed by atoms with Gasteiger partial charge in [-0.05, 0) is 46.3 Å². The Morgan fingerprint density at radius 3 is 2.80 bits per heavy atom. The van der Waals surface area contributed by atoms with Crippen molar-refractivity contribution in [2.75, 3.05) is 12.8 Å². The molecule has 6 heteroatoms. The van der Waals surface area contributed by atoms with E-state index in [1.807, 2.05) is 12.1 Å². The number of nitrogen functional groups attached to an aromatic ring is 1. The molecule has 0 fully saturated rings. The van der Waals surface area contributed by atoms with E-state index < -0.39 is 0 Å². The summed E-state index contributed by atoms with van der Waals surface area (Å²) in [6.07, 6.45) is 0. The van der Waals surface area contributed by atoms with Crippen LogP contribution in [0.15, 0.2) is 40.9 Å². The van der Waals surface area contributed by atoms with E-state index in [1.54, 1.807) is 23.8 Å². The van der Waals surface area contributed by atoms with Crippen molar-refractivity contribution in [3.63, 3.8) is 0 Å². The molecule has 1 aromatic heterocycles. The Morgan fingerprint density at radius 1 is 1.25 bits per heavy atom. The summed E-state index contributed by atoms with van der Waals surface area (Å²) in [4.78, 5) is 4.29. The molecule has 0 saturated carbocycles. The van der Waals surface area contributed by atoms with Crippen LogP contribution in [0, 0.1) is 5.82 Å². The third-order valence-electron chi connectivity index (χ3n) is 3.04. The maximum absolute atomic E-state index is 13.5. The number of nitrogens with two attached hydrogens (primary N) is 1. The molecule has 0 bridgehead atoms. The van der Waals surface area contributed by atoms with Crippen LogP contribution in [0.5, 0.6) is 5.75 Å². The maximum atomic E-state index is 13.5. The van der Waals surface area contributed by atoms with Crippen molar-refractivity contribution >= 4 is 32.9 Å². The summed E-state index contributed by atoms with van der Waals surface area (Å²) < 4.78 is 21.1. The number of imidazole rings is 1. The van der Waals surface area contributed by atoms with Crippen LogP contribution in [-0.4, -0.2) is 16.7 Å². The van der Waals surface area contributed by atoms with Gasteiger partial charge >= 0.3 is 0 Å². The molecule has 20 heavy (non-hydrogen) atoms. The molecular formula is C14H11BrFN3O. The van der Waals surface area contributed by atoms with E-state index in [0.717, 1.165) is 9.99 Å². The number of hydrogen-bond donors (Lipinski definition) is 1. The third kappa shape index (κ3) is 2.02. The highest BCUT2D eigenvalue weighted by Crippen LogP contribution is 2.30. The maximum Gasteiger partial charge on any atom is 0.205 e. The van der Waals surface area contributed by atoms with Gasteiger partial charge in [0.25, 0.3) is 0 Å². The minimum absolute atomic E-state index is 0.291. The number of benzene rings is 2. The number of fused-ring (bicyclic) bond motifs is 1. The van der Waals surface area contributed by atoms with Gasteiger partial charge in [0.15, 0.2) is 0 Å². The number of rotatable bonds is 2. The van der Waals surface area contributed by atoms with Crippen LogP contribution in [-0.2, 0) is 0 Å². The first-order chi connectivity index (χ1) is 9.60. The number of methoxy groups -OCH3 is 1. The Kier molecular flexibility index (Phi) is 3.10. The lowest BCUT2D eigenvalue weighted by atomic mass is 10.2. The number of ether oxygens (including phenoxy) is 1. The third-order valence-corrected chi connectivity index (χ3v) is 3.71. The number of halogens is 2. The van der Waals surface area contributed by atoms with Crippen molar-refractivity contribution in [3.8, 4) is 11.4 Å². The normalized spacial score (nSPS) is 10.9. The molecule has 2 aromatic carbocycles. The summed E-state index contributed by atoms with van der Waals surface area (Å²) in [5.74, 6) is 0.651. The van der Waals surface area contributed by atoms with Crippen molar-refractivity contribution in [2.24, 2.45) is 0 Å². The largest absolute Gasteiger partial charge is 0.497 e. The lowest BCUT2D eigenvalue weighted by Crippen LogP contribution is -2.01. The number of nitrogens with zero attached hydrogens (tertiary/aromatic N) is 2. The van der Waals surface area contributed by atoms with Crippen molar-refractivity contribution in [1.82, 2.24) is 9.55 Å². The van der Waals surface area contributed by atoms with Gasteiger partial charge in [-0.15, -0.1) is 0 Å². The molecular weight excluding hydrogens is 325 g/mol. The average molecular weight is 336 g/mol. The number of anilines is 1. The fourth-order valence-electron chi connectivity index (χ4n) is 2.12. The molecule has 1 heterocycles. The quantitative estimate of drug-likeness (QED) is 0.779. The monoisotopic (exact) mass is 335 g/mol. The van der Waals surface area contributed by atoms with Gasteiger partial charge in [-0.1, -0.05) is 0 Å². The minimum atomic E-state index is -0.335. The Balaban J connectivity index is 2.30. The van der Waals surface area contributed by atoms with E-state index in [2.05, 4.69) is 20.9 Å². The van der Waals surface area contributed by atoms with Crippen molar-refractivity contribution in [3.05, 3.63) is 46.7 Å². The molecule has 4 nitrogen and oxygen atoms in total. The molecule has 0 amide bonds. The van der Waals surface area contributed by atoms with Crippen molar-refractivity contribution < 1.29 is 9.13 Å². The summed E-state index contributed by atoms with van der Waals surface area (Å²) in [7, 11) is 1.59. The molecule has 0 unspecified atom stereocenters. The van der Waals surface area contributed by atoms with Gasteiger partial charge in [0.2, 0.25) is 5.95 Å². The predicted octanol–water partition coefficient (Wildman–Crippen LogP) is 3.52. The zero-order valence-electron chi connectivity index (χ0n) is 10.6. The van der Waals surface area contributed by atoms with E-state index in [-0.39, 0.29) is 5.82 Å². The molecule has 0 atom stereocenters. The Hall–Kier alpha value is -2.08. The summed E-state index contributed by atoms with van der Waals surface area (Å²) >= 11 is 3.40. The van der Waals surface area contributed by atoms with Gasteiger partial charge in [-0.3, -0.25) is 4.57 Å². The van der Waals surface area contributed by atoms with Gasteiger partial charge in [0.05, 0.1) is 23.8 Å². The van der Waals surface area contributed by atoms with Crippen LogP contribution >= 0.6 is 15.9 Å². The summed E-state index contributed by atoms with van der Waals surface area (Å²) in [5.41, 5.74) is 8.05. The van der Waals surface area contributed by atoms with Crippen LogP contribution in [0.25, 0.3) is 16.7 Å². The topological polar surface area (TPSA) is 53.1 Å². The molecule has 0 spiro atoms. The van der Waals surface area contributed by atoms with Crippen LogP contribution in [0.4, 0.5) is 10.3 Å². The lowest BCUT2D eigenvalue weighted by Gasteiger charge is -2.09. The van der Waals surface area contributed by atoms with E-state index in [9.17, 15) is 4.39 Å². The van der Waals surface area contributed by atoms with Gasteiger partial charge in [0.1, 0.15) is 11.6 Å². The Bertz CT molecular complexity index is 800. The predicted molar refractivity (Wildman–Crippen MR) is 79.7 cm³/mol. The first-order valence-corrected chi connectivity index (χ1v) is 6.67. The highest BCUT2D eigenvalue weighted by Gasteiger charge is 2.13. The highest BCUT2D eigenvalue weighted by atomic mass is 79.9. The summed E-state index contributed by atoms with van der Waals surface area (Å²) in [6.45, 7) is 0. The fourth-order valence-corrected chi connectivity index (χ4v) is 2.54. The van der Waals surface area contributed by atoms with Crippen molar-refractivity contribution in [2.45, 2.75) is 0 Å². The van der Waals surface area contributed by atoms with Gasteiger partial charge in [-0.2, -0.15) is 0 Å². The standard InChI is InChI=1S/C14H11BrFN3O/c1-20-9-3-5-12-11(7-9)18-14(17)19(12)13-6-8(16)2-4-10(13)15/h2-7H,1H3,(H2,17,18). The first-order valence-electron chi connectivity index (χ1n) is 5.87. The van der Waals surface area contributed by atoms with E-state index in [4.69, 9.17) is 10.5 Å². The molecule has 3 aromatic rings. The number of hydrogen-bond acceptors (Lipinski definition) is 3. The summed E-state index contributed by atoms with van der Waals surface area (Å²) in [6, 6.07) is 9.87. The van der Waals surface area contributed by atoms with Gasteiger partial charge < -0.3 is 10.5 Å². The average Bonchev–Trinajstić information content (AvgIpc) is 2.76. The molecule has 0 aliphatic carbocycles. The van der Waals surface area contributed by atoms with Gasteiger partial charge in [-0.25, -0.2) is 9.37 Å². The Labute approximate surface area is 123 Å². The van der Waals surface area contributed by atoms with E-state index in [1.165, 1.54) is 12.1 Å². The van der Waals surface area contributed by atoms with Crippen LogP contribution in [0.2, 0.25) is 0 Å². The zero-order chi connectivity index (χ0) is 14.3. The zero-order valence-corrected chi connectivity index (χ0v) is 12.2. The second kappa shape index (κ2) is 4.79. The molecule has 0 radical (unpaired) electrons. The smallest absolute Gasteiger partial charge is 0.205 e. The molecule has 0 aliphatic heterocycles. The van der Waals surface area contributed by atoms with Gasteiger partial charge in [0, 0.05) is 10.5 Å². The lowest BCUT2D eigenvalue weighted by molar-refractivity contribution is 0.415. The summed E-state index contributed by atoms with van der Waals surface area (Å²) in [5, 5.41) is 0. The van der Waals surface area contributed by atoms with Crippen LogP contribution in [0.1, 0.15) is 0 Å². The minimum Gasteiger partial charge on any atom is -0.497 e. The number of aromatic nitrogens is 2. The second-order valence-corrected chi connectivity index (χ2v) is 5.11. The van der Waals surface area contributed by atoms with Crippen LogP contribution < -0.4 is 10.5 Å². The van der Waals surface area contributed by atoms with Crippen LogP contribution in [0.3, 0.4) is 0 Å². The Morgan fingerprint density at radius 2 is 2.05 bits per heavy atom. The SMILES string of the molecule is COc1ccc2c(c1)nc(N)n2-c1cc(F)ccc1Br.